The summed E-state index contributed by atoms with van der Waals surface area (Å²) in [6.45, 7) is 3.74. The van der Waals surface area contributed by atoms with Gasteiger partial charge >= 0.3 is 5.97 Å². The van der Waals surface area contributed by atoms with E-state index in [-0.39, 0.29) is 5.97 Å². The Kier molecular flexibility index (Phi) is 5.20. The number of esters is 1. The molecule has 0 aliphatic rings. The molecule has 0 saturated carbocycles. The molecule has 1 rings (SSSR count). The van der Waals surface area contributed by atoms with Gasteiger partial charge in [-0.15, -0.1) is 0 Å². The van der Waals surface area contributed by atoms with Crippen LogP contribution in [0, 0.1) is 11.3 Å². The maximum atomic E-state index is 11.9. The molecule has 0 amide bonds. The number of halogens is 1. The van der Waals surface area contributed by atoms with Crippen molar-refractivity contribution >= 4 is 23.3 Å². The predicted octanol–water partition coefficient (Wildman–Crippen LogP) is 3.36. The van der Waals surface area contributed by atoms with Crippen LogP contribution in [0.2, 0.25) is 5.02 Å². The van der Waals surface area contributed by atoms with Crippen molar-refractivity contribution in [1.29, 1.82) is 5.26 Å². The molecule has 0 aliphatic carbocycles. The van der Waals surface area contributed by atoms with E-state index < -0.39 is 5.54 Å². The Morgan fingerprint density at radius 2 is 2.26 bits per heavy atom. The van der Waals surface area contributed by atoms with Gasteiger partial charge in [-0.2, -0.15) is 5.26 Å². The Balaban J connectivity index is 3.10. The van der Waals surface area contributed by atoms with Gasteiger partial charge in [-0.25, -0.2) is 4.79 Å². The summed E-state index contributed by atoms with van der Waals surface area (Å²) in [6, 6.07) is 6.99. The largest absolute Gasteiger partial charge is 0.467 e. The van der Waals surface area contributed by atoms with Crippen LogP contribution in [-0.4, -0.2) is 18.6 Å². The molecule has 1 aromatic rings. The van der Waals surface area contributed by atoms with E-state index in [9.17, 15) is 4.79 Å². The van der Waals surface area contributed by atoms with Crippen molar-refractivity contribution in [2.24, 2.45) is 0 Å². The average molecular weight is 281 g/mol. The smallest absolute Gasteiger partial charge is 0.331 e. The zero-order valence-corrected chi connectivity index (χ0v) is 12.0. The summed E-state index contributed by atoms with van der Waals surface area (Å²) in [5, 5.41) is 12.7. The number of nitriles is 1. The first-order valence-corrected chi connectivity index (χ1v) is 6.41. The first-order valence-electron chi connectivity index (χ1n) is 6.03. The van der Waals surface area contributed by atoms with Crippen molar-refractivity contribution in [2.75, 3.05) is 12.4 Å². The van der Waals surface area contributed by atoms with Crippen molar-refractivity contribution in [3.05, 3.63) is 28.8 Å². The topological polar surface area (TPSA) is 62.1 Å². The van der Waals surface area contributed by atoms with E-state index >= 15 is 0 Å². The highest BCUT2D eigenvalue weighted by Crippen LogP contribution is 2.26. The maximum absolute atomic E-state index is 11.9. The normalized spacial score (nSPS) is 13.2. The number of rotatable bonds is 5. The molecule has 0 radical (unpaired) electrons. The second-order valence-corrected chi connectivity index (χ2v) is 4.94. The number of methoxy groups -OCH3 is 1. The zero-order valence-electron chi connectivity index (χ0n) is 11.3. The third-order valence-corrected chi connectivity index (χ3v) is 3.13. The summed E-state index contributed by atoms with van der Waals surface area (Å²) in [5.41, 5.74) is 0.120. The first kappa shape index (κ1) is 15.3. The fraction of sp³-hybridized carbons (Fsp3) is 0.429. The lowest BCUT2D eigenvalue weighted by Crippen LogP contribution is -2.44. The highest BCUT2D eigenvalue weighted by molar-refractivity contribution is 6.30. The molecule has 0 fully saturated rings. The predicted molar refractivity (Wildman–Crippen MR) is 75.1 cm³/mol. The quantitative estimate of drug-likeness (QED) is 0.840. The molecule has 4 nitrogen and oxygen atoms in total. The monoisotopic (exact) mass is 280 g/mol. The Hall–Kier alpha value is -1.73. The third kappa shape index (κ3) is 3.62. The van der Waals surface area contributed by atoms with Crippen LogP contribution < -0.4 is 5.32 Å². The van der Waals surface area contributed by atoms with E-state index in [0.717, 1.165) is 6.42 Å². The van der Waals surface area contributed by atoms with Crippen LogP contribution in [0.4, 0.5) is 5.69 Å². The van der Waals surface area contributed by atoms with E-state index in [4.69, 9.17) is 21.6 Å². The second kappa shape index (κ2) is 6.44. The molecular formula is C14H17ClN2O2. The van der Waals surface area contributed by atoms with Crippen molar-refractivity contribution in [1.82, 2.24) is 0 Å². The minimum absolute atomic E-state index is 0.354. The third-order valence-electron chi connectivity index (χ3n) is 2.90. The number of hydrogen-bond donors (Lipinski definition) is 1. The lowest BCUT2D eigenvalue weighted by molar-refractivity contribution is -0.145. The van der Waals surface area contributed by atoms with Crippen LogP contribution in [0.15, 0.2) is 18.2 Å². The van der Waals surface area contributed by atoms with Crippen molar-refractivity contribution in [3.63, 3.8) is 0 Å². The molecule has 0 aliphatic heterocycles. The molecular weight excluding hydrogens is 264 g/mol. The van der Waals surface area contributed by atoms with Crippen LogP contribution in [0.3, 0.4) is 0 Å². The van der Waals surface area contributed by atoms with E-state index in [1.165, 1.54) is 7.11 Å². The number of benzene rings is 1. The molecule has 0 spiro atoms. The number of nitrogens with one attached hydrogen (secondary N) is 1. The molecule has 5 heteroatoms. The number of nitrogens with zero attached hydrogens (tertiary/aromatic N) is 1. The van der Waals surface area contributed by atoms with E-state index in [2.05, 4.69) is 11.4 Å². The Morgan fingerprint density at radius 3 is 2.79 bits per heavy atom. The van der Waals surface area contributed by atoms with Crippen LogP contribution in [0.5, 0.6) is 0 Å². The fourth-order valence-corrected chi connectivity index (χ4v) is 2.13. The molecule has 1 aromatic carbocycles. The zero-order chi connectivity index (χ0) is 14.5. The number of carbonyl (C=O) groups is 1. The SMILES string of the molecule is CCCC(C)(Nc1ccc(Cl)cc1C#N)C(=O)OC. The number of carbonyl (C=O) groups excluding carboxylic acids is 1. The van der Waals surface area contributed by atoms with E-state index in [1.54, 1.807) is 25.1 Å². The summed E-state index contributed by atoms with van der Waals surface area (Å²) >= 11 is 5.85. The van der Waals surface area contributed by atoms with Gasteiger partial charge < -0.3 is 10.1 Å². The van der Waals surface area contributed by atoms with Crippen molar-refractivity contribution in [3.8, 4) is 6.07 Å². The van der Waals surface area contributed by atoms with Gasteiger partial charge in [-0.05, 0) is 31.5 Å². The number of hydrogen-bond acceptors (Lipinski definition) is 4. The fourth-order valence-electron chi connectivity index (χ4n) is 1.96. The molecule has 1 unspecified atom stereocenters. The average Bonchev–Trinajstić information content (AvgIpc) is 2.40. The van der Waals surface area contributed by atoms with Crippen LogP contribution in [0.1, 0.15) is 32.3 Å². The summed E-state index contributed by atoms with van der Waals surface area (Å²) < 4.78 is 4.83. The van der Waals surface area contributed by atoms with Gasteiger partial charge in [-0.1, -0.05) is 24.9 Å². The molecule has 0 bridgehead atoms. The van der Waals surface area contributed by atoms with Gasteiger partial charge in [0, 0.05) is 5.02 Å². The van der Waals surface area contributed by atoms with Crippen LogP contribution in [0.25, 0.3) is 0 Å². The summed E-state index contributed by atoms with van der Waals surface area (Å²) in [7, 11) is 1.35. The summed E-state index contributed by atoms with van der Waals surface area (Å²) in [6.07, 6.45) is 1.42. The van der Waals surface area contributed by atoms with Gasteiger partial charge in [0.15, 0.2) is 0 Å². The van der Waals surface area contributed by atoms with E-state index in [1.807, 2.05) is 6.92 Å². The molecule has 19 heavy (non-hydrogen) atoms. The van der Waals surface area contributed by atoms with Gasteiger partial charge in [-0.3, -0.25) is 0 Å². The molecule has 102 valence electrons. The minimum atomic E-state index is -0.858. The van der Waals surface area contributed by atoms with Crippen LogP contribution >= 0.6 is 11.6 Å². The van der Waals surface area contributed by atoms with E-state index in [0.29, 0.717) is 22.7 Å². The van der Waals surface area contributed by atoms with Gasteiger partial charge in [0.2, 0.25) is 0 Å². The standard InChI is InChI=1S/C14H17ClN2O2/c1-4-7-14(2,13(18)19-3)17-12-6-5-11(15)8-10(12)9-16/h5-6,8,17H,4,7H2,1-3H3. The van der Waals surface area contributed by atoms with Gasteiger partial charge in [0.25, 0.3) is 0 Å². The molecule has 0 heterocycles. The van der Waals surface area contributed by atoms with Gasteiger partial charge in [0.05, 0.1) is 18.4 Å². The van der Waals surface area contributed by atoms with Crippen LogP contribution in [-0.2, 0) is 9.53 Å². The highest BCUT2D eigenvalue weighted by Gasteiger charge is 2.33. The van der Waals surface area contributed by atoms with Crippen molar-refractivity contribution < 1.29 is 9.53 Å². The minimum Gasteiger partial charge on any atom is -0.467 e. The Labute approximate surface area is 118 Å². The second-order valence-electron chi connectivity index (χ2n) is 4.50. The Bertz CT molecular complexity index is 511. The van der Waals surface area contributed by atoms with Gasteiger partial charge in [0.1, 0.15) is 11.6 Å². The number of anilines is 1. The lowest BCUT2D eigenvalue weighted by atomic mass is 9.95. The highest BCUT2D eigenvalue weighted by atomic mass is 35.5. The van der Waals surface area contributed by atoms with Crippen molar-refractivity contribution in [2.45, 2.75) is 32.2 Å². The molecule has 1 atom stereocenters. The summed E-state index contributed by atoms with van der Waals surface area (Å²) in [5.74, 6) is -0.354. The lowest BCUT2D eigenvalue weighted by Gasteiger charge is -2.29. The molecule has 0 saturated heterocycles. The molecule has 0 aromatic heterocycles. The summed E-state index contributed by atoms with van der Waals surface area (Å²) in [4.78, 5) is 11.9. The molecule has 1 N–H and O–H groups in total. The Morgan fingerprint density at radius 1 is 1.58 bits per heavy atom. The maximum Gasteiger partial charge on any atom is 0.331 e. The number of ether oxygens (including phenoxy) is 1. The first-order chi connectivity index (χ1) is 8.96.